The molecule has 7 heteroatoms. The number of nitrogens with one attached hydrogen (secondary N) is 2. The average Bonchev–Trinajstić information content (AvgIpc) is 3.13. The van der Waals surface area contributed by atoms with Crippen LogP contribution < -0.4 is 10.6 Å². The first-order valence-electron chi connectivity index (χ1n) is 11.5. The first kappa shape index (κ1) is 23.9. The Kier molecular flexibility index (Phi) is 7.38. The Morgan fingerprint density at radius 1 is 0.857 bits per heavy atom. The normalized spacial score (nSPS) is 10.9. The molecule has 0 saturated heterocycles. The molecule has 0 fully saturated rings. The van der Waals surface area contributed by atoms with Crippen molar-refractivity contribution in [3.05, 3.63) is 107 Å². The quantitative estimate of drug-likeness (QED) is 0.390. The number of benzene rings is 3. The van der Waals surface area contributed by atoms with Crippen molar-refractivity contribution in [3.8, 4) is 5.69 Å². The van der Waals surface area contributed by atoms with Crippen molar-refractivity contribution in [3.63, 3.8) is 0 Å². The number of hydrogen-bond acceptors (Lipinski definition) is 4. The minimum absolute atomic E-state index is 0.171. The standard InChI is InChI=1S/C28H29N5O2/c1-20-25(21(2)33(31-20)23-14-8-5-9-15-23)18-32(3)19-27(34)30-26-17-11-10-16-24(26)28(35)29-22-12-6-4-7-13-22/h4-17H,18-19H2,1-3H3,(H,29,35)(H,30,34). The lowest BCUT2D eigenvalue weighted by Crippen LogP contribution is -2.30. The van der Waals surface area contributed by atoms with Crippen LogP contribution in [0.3, 0.4) is 0 Å². The predicted octanol–water partition coefficient (Wildman–Crippen LogP) is 4.81. The first-order valence-corrected chi connectivity index (χ1v) is 11.5. The van der Waals surface area contributed by atoms with Gasteiger partial charge in [-0.05, 0) is 57.3 Å². The second kappa shape index (κ2) is 10.8. The molecular weight excluding hydrogens is 438 g/mol. The van der Waals surface area contributed by atoms with Crippen LogP contribution in [0, 0.1) is 13.8 Å². The van der Waals surface area contributed by atoms with Gasteiger partial charge in [0.25, 0.3) is 5.91 Å². The Morgan fingerprint density at radius 2 is 1.49 bits per heavy atom. The molecule has 0 aliphatic heterocycles. The first-order chi connectivity index (χ1) is 16.9. The fourth-order valence-electron chi connectivity index (χ4n) is 4.00. The van der Waals surface area contributed by atoms with Gasteiger partial charge in [-0.25, -0.2) is 4.68 Å². The van der Waals surface area contributed by atoms with Crippen molar-refractivity contribution in [2.24, 2.45) is 0 Å². The highest BCUT2D eigenvalue weighted by molar-refractivity contribution is 6.10. The summed E-state index contributed by atoms with van der Waals surface area (Å²) in [6, 6.07) is 26.2. The lowest BCUT2D eigenvalue weighted by Gasteiger charge is -2.18. The number of hydrogen-bond donors (Lipinski definition) is 2. The maximum atomic E-state index is 12.8. The number of aryl methyl sites for hydroxylation is 1. The number of para-hydroxylation sites is 3. The number of carbonyl (C=O) groups excluding carboxylic acids is 2. The SMILES string of the molecule is Cc1nn(-c2ccccc2)c(C)c1CN(C)CC(=O)Nc1ccccc1C(=O)Nc1ccccc1. The summed E-state index contributed by atoms with van der Waals surface area (Å²) in [5.41, 5.74) is 5.65. The summed E-state index contributed by atoms with van der Waals surface area (Å²) in [5.74, 6) is -0.474. The third-order valence-corrected chi connectivity index (χ3v) is 5.76. The molecule has 0 radical (unpaired) electrons. The maximum Gasteiger partial charge on any atom is 0.257 e. The zero-order chi connectivity index (χ0) is 24.8. The van der Waals surface area contributed by atoms with E-state index in [1.807, 2.05) is 91.1 Å². The van der Waals surface area contributed by atoms with E-state index in [0.29, 0.717) is 23.5 Å². The van der Waals surface area contributed by atoms with Crippen molar-refractivity contribution >= 4 is 23.2 Å². The number of anilines is 2. The van der Waals surface area contributed by atoms with Gasteiger partial charge in [-0.3, -0.25) is 14.5 Å². The van der Waals surface area contributed by atoms with Crippen LogP contribution in [-0.4, -0.2) is 40.1 Å². The largest absolute Gasteiger partial charge is 0.324 e. The van der Waals surface area contributed by atoms with Crippen molar-refractivity contribution in [2.75, 3.05) is 24.2 Å². The molecule has 0 atom stereocenters. The molecule has 35 heavy (non-hydrogen) atoms. The number of amides is 2. The van der Waals surface area contributed by atoms with E-state index in [9.17, 15) is 9.59 Å². The van der Waals surface area contributed by atoms with E-state index in [1.165, 1.54) is 0 Å². The molecule has 7 nitrogen and oxygen atoms in total. The van der Waals surface area contributed by atoms with Gasteiger partial charge < -0.3 is 10.6 Å². The van der Waals surface area contributed by atoms with E-state index in [2.05, 4.69) is 10.6 Å². The molecule has 1 heterocycles. The Labute approximate surface area is 205 Å². The fraction of sp³-hybridized carbons (Fsp3) is 0.179. The number of rotatable bonds is 8. The van der Waals surface area contributed by atoms with Crippen LogP contribution in [0.5, 0.6) is 0 Å². The van der Waals surface area contributed by atoms with Gasteiger partial charge in [0.1, 0.15) is 0 Å². The van der Waals surface area contributed by atoms with Crippen LogP contribution in [0.4, 0.5) is 11.4 Å². The average molecular weight is 468 g/mol. The zero-order valence-corrected chi connectivity index (χ0v) is 20.2. The molecule has 0 saturated carbocycles. The Morgan fingerprint density at radius 3 is 2.20 bits per heavy atom. The smallest absolute Gasteiger partial charge is 0.257 e. The monoisotopic (exact) mass is 467 g/mol. The van der Waals surface area contributed by atoms with Crippen molar-refractivity contribution < 1.29 is 9.59 Å². The second-order valence-corrected chi connectivity index (χ2v) is 8.48. The third-order valence-electron chi connectivity index (χ3n) is 5.76. The van der Waals surface area contributed by atoms with Gasteiger partial charge in [0, 0.05) is 23.5 Å². The molecule has 0 aliphatic carbocycles. The van der Waals surface area contributed by atoms with Crippen LogP contribution in [0.25, 0.3) is 5.69 Å². The maximum absolute atomic E-state index is 12.8. The Balaban J connectivity index is 1.41. The summed E-state index contributed by atoms with van der Waals surface area (Å²) in [6.07, 6.45) is 0. The fourth-order valence-corrected chi connectivity index (χ4v) is 4.00. The molecule has 1 aromatic heterocycles. The lowest BCUT2D eigenvalue weighted by molar-refractivity contribution is -0.117. The van der Waals surface area contributed by atoms with E-state index in [4.69, 9.17) is 5.10 Å². The van der Waals surface area contributed by atoms with Crippen molar-refractivity contribution in [2.45, 2.75) is 20.4 Å². The molecule has 4 aromatic rings. The number of aromatic nitrogens is 2. The van der Waals surface area contributed by atoms with Crippen molar-refractivity contribution in [1.29, 1.82) is 0 Å². The predicted molar refractivity (Wildman–Crippen MR) is 139 cm³/mol. The molecular formula is C28H29N5O2. The molecule has 0 spiro atoms. The highest BCUT2D eigenvalue weighted by Gasteiger charge is 2.18. The van der Waals surface area contributed by atoms with E-state index >= 15 is 0 Å². The summed E-state index contributed by atoms with van der Waals surface area (Å²) in [6.45, 7) is 4.77. The number of likely N-dealkylation sites (N-methyl/N-ethyl adjacent to an activating group) is 1. The van der Waals surface area contributed by atoms with Gasteiger partial charge in [-0.2, -0.15) is 5.10 Å². The van der Waals surface area contributed by atoms with Crippen LogP contribution in [0.2, 0.25) is 0 Å². The summed E-state index contributed by atoms with van der Waals surface area (Å²) in [4.78, 5) is 27.6. The lowest BCUT2D eigenvalue weighted by atomic mass is 10.1. The molecule has 0 unspecified atom stereocenters. The van der Waals surface area contributed by atoms with E-state index in [-0.39, 0.29) is 18.4 Å². The summed E-state index contributed by atoms with van der Waals surface area (Å²) < 4.78 is 1.93. The zero-order valence-electron chi connectivity index (χ0n) is 20.2. The molecule has 178 valence electrons. The molecule has 3 aromatic carbocycles. The van der Waals surface area contributed by atoms with Gasteiger partial charge in [0.2, 0.25) is 5.91 Å². The van der Waals surface area contributed by atoms with E-state index in [0.717, 1.165) is 22.6 Å². The van der Waals surface area contributed by atoms with Gasteiger partial charge in [0.05, 0.1) is 29.2 Å². The molecule has 4 rings (SSSR count). The molecule has 0 bridgehead atoms. The van der Waals surface area contributed by atoms with Gasteiger partial charge in [0.15, 0.2) is 0 Å². The molecule has 0 aliphatic rings. The van der Waals surface area contributed by atoms with Crippen LogP contribution in [-0.2, 0) is 11.3 Å². The minimum atomic E-state index is -0.278. The Hall–Kier alpha value is -4.23. The topological polar surface area (TPSA) is 79.3 Å². The summed E-state index contributed by atoms with van der Waals surface area (Å²) in [7, 11) is 1.90. The van der Waals surface area contributed by atoms with Crippen LogP contribution >= 0.6 is 0 Å². The summed E-state index contributed by atoms with van der Waals surface area (Å²) >= 11 is 0. The highest BCUT2D eigenvalue weighted by Crippen LogP contribution is 2.20. The van der Waals surface area contributed by atoms with Crippen LogP contribution in [0.15, 0.2) is 84.9 Å². The molecule has 2 amide bonds. The van der Waals surface area contributed by atoms with Crippen molar-refractivity contribution in [1.82, 2.24) is 14.7 Å². The van der Waals surface area contributed by atoms with E-state index in [1.54, 1.807) is 24.3 Å². The van der Waals surface area contributed by atoms with Gasteiger partial charge in [-0.1, -0.05) is 48.5 Å². The third kappa shape index (κ3) is 5.83. The van der Waals surface area contributed by atoms with Gasteiger partial charge >= 0.3 is 0 Å². The second-order valence-electron chi connectivity index (χ2n) is 8.48. The Bertz CT molecular complexity index is 1320. The number of carbonyl (C=O) groups is 2. The number of nitrogens with zero attached hydrogens (tertiary/aromatic N) is 3. The minimum Gasteiger partial charge on any atom is -0.324 e. The highest BCUT2D eigenvalue weighted by atomic mass is 16.2. The summed E-state index contributed by atoms with van der Waals surface area (Å²) in [5, 5.41) is 10.4. The van der Waals surface area contributed by atoms with E-state index < -0.39 is 0 Å². The van der Waals surface area contributed by atoms with Crippen LogP contribution in [0.1, 0.15) is 27.3 Å². The molecule has 2 N–H and O–H groups in total. The van der Waals surface area contributed by atoms with Gasteiger partial charge in [-0.15, -0.1) is 0 Å².